The summed E-state index contributed by atoms with van der Waals surface area (Å²) >= 11 is 0. The summed E-state index contributed by atoms with van der Waals surface area (Å²) in [5.74, 6) is 0.970. The van der Waals surface area contributed by atoms with Crippen molar-refractivity contribution in [2.75, 3.05) is 0 Å². The van der Waals surface area contributed by atoms with Crippen LogP contribution in [0.4, 0.5) is 0 Å². The Labute approximate surface area is 107 Å². The maximum Gasteiger partial charge on any atom is 0.00722 e. The molecule has 3 aliphatic carbocycles. The number of hydrogen-bond donors (Lipinski definition) is 1. The molecule has 0 aromatic heterocycles. The van der Waals surface area contributed by atoms with Crippen molar-refractivity contribution in [1.82, 2.24) is 5.32 Å². The van der Waals surface area contributed by atoms with Gasteiger partial charge in [-0.15, -0.1) is 0 Å². The summed E-state index contributed by atoms with van der Waals surface area (Å²) < 4.78 is 0. The minimum Gasteiger partial charge on any atom is -0.311 e. The lowest BCUT2D eigenvalue weighted by Crippen LogP contribution is -2.41. The van der Waals surface area contributed by atoms with Gasteiger partial charge in [0.15, 0.2) is 0 Å². The summed E-state index contributed by atoms with van der Waals surface area (Å²) in [7, 11) is 0. The number of nitrogens with one attached hydrogen (secondary N) is 1. The second kappa shape index (κ2) is 4.91. The first kappa shape index (κ1) is 12.0. The monoisotopic (exact) mass is 235 g/mol. The van der Waals surface area contributed by atoms with Gasteiger partial charge in [-0.3, -0.25) is 0 Å². The van der Waals surface area contributed by atoms with Gasteiger partial charge in [-0.1, -0.05) is 19.8 Å². The van der Waals surface area contributed by atoms with Crippen LogP contribution in [-0.4, -0.2) is 12.1 Å². The molecular formula is C16H29N. The molecule has 3 fully saturated rings. The van der Waals surface area contributed by atoms with Gasteiger partial charge in [0.2, 0.25) is 0 Å². The predicted molar refractivity (Wildman–Crippen MR) is 73.1 cm³/mol. The molecule has 0 aliphatic heterocycles. The van der Waals surface area contributed by atoms with E-state index in [1.807, 2.05) is 0 Å². The van der Waals surface area contributed by atoms with Crippen molar-refractivity contribution in [3.8, 4) is 0 Å². The average Bonchev–Trinajstić information content (AvgIpc) is 2.93. The van der Waals surface area contributed by atoms with Crippen LogP contribution in [0.3, 0.4) is 0 Å². The molecule has 0 aromatic carbocycles. The Morgan fingerprint density at radius 1 is 0.824 bits per heavy atom. The van der Waals surface area contributed by atoms with Crippen LogP contribution in [0.5, 0.6) is 0 Å². The fourth-order valence-electron chi connectivity index (χ4n) is 4.71. The first-order valence-electron chi connectivity index (χ1n) is 8.02. The zero-order chi connectivity index (χ0) is 11.7. The van der Waals surface area contributed by atoms with Crippen LogP contribution >= 0.6 is 0 Å². The standard InChI is InChI=1S/C16H29N/c1-13-4-5-15(12-13)17-14-6-10-16(11-7-14)8-2-3-9-16/h13-15,17H,2-12H2,1H3. The van der Waals surface area contributed by atoms with Crippen molar-refractivity contribution in [3.63, 3.8) is 0 Å². The fourth-order valence-corrected chi connectivity index (χ4v) is 4.71. The zero-order valence-electron chi connectivity index (χ0n) is 11.5. The Kier molecular flexibility index (Phi) is 3.47. The lowest BCUT2D eigenvalue weighted by atomic mass is 9.71. The summed E-state index contributed by atoms with van der Waals surface area (Å²) in [5.41, 5.74) is 0.807. The van der Waals surface area contributed by atoms with Crippen molar-refractivity contribution < 1.29 is 0 Å². The molecule has 3 rings (SSSR count). The van der Waals surface area contributed by atoms with E-state index in [1.54, 1.807) is 12.8 Å². The second-order valence-electron chi connectivity index (χ2n) is 7.26. The van der Waals surface area contributed by atoms with Crippen LogP contribution in [0.1, 0.15) is 77.6 Å². The van der Waals surface area contributed by atoms with Gasteiger partial charge in [0, 0.05) is 12.1 Å². The van der Waals surface area contributed by atoms with Crippen LogP contribution in [0.15, 0.2) is 0 Å². The SMILES string of the molecule is CC1CCC(NC2CCC3(CCCC3)CC2)C1. The highest BCUT2D eigenvalue weighted by Crippen LogP contribution is 2.49. The Hall–Kier alpha value is -0.0400. The molecular weight excluding hydrogens is 206 g/mol. The van der Waals surface area contributed by atoms with E-state index in [1.165, 1.54) is 57.8 Å². The van der Waals surface area contributed by atoms with Crippen molar-refractivity contribution in [2.24, 2.45) is 11.3 Å². The Balaban J connectivity index is 1.45. The van der Waals surface area contributed by atoms with Crippen molar-refractivity contribution in [3.05, 3.63) is 0 Å². The molecule has 3 aliphatic rings. The van der Waals surface area contributed by atoms with Crippen LogP contribution in [-0.2, 0) is 0 Å². The first-order chi connectivity index (χ1) is 8.26. The Morgan fingerprint density at radius 3 is 2.12 bits per heavy atom. The molecule has 1 heteroatoms. The highest BCUT2D eigenvalue weighted by molar-refractivity contribution is 4.92. The van der Waals surface area contributed by atoms with Gasteiger partial charge in [-0.05, 0) is 69.1 Å². The molecule has 3 saturated carbocycles. The molecule has 0 bridgehead atoms. The van der Waals surface area contributed by atoms with Crippen LogP contribution in [0.2, 0.25) is 0 Å². The van der Waals surface area contributed by atoms with Gasteiger partial charge in [0.1, 0.15) is 0 Å². The minimum absolute atomic E-state index is 0.807. The first-order valence-corrected chi connectivity index (χ1v) is 8.02. The van der Waals surface area contributed by atoms with Gasteiger partial charge < -0.3 is 5.32 Å². The zero-order valence-corrected chi connectivity index (χ0v) is 11.5. The van der Waals surface area contributed by atoms with Crippen LogP contribution in [0.25, 0.3) is 0 Å². The average molecular weight is 235 g/mol. The molecule has 1 nitrogen and oxygen atoms in total. The highest BCUT2D eigenvalue weighted by atomic mass is 15.0. The predicted octanol–water partition coefficient (Wildman–Crippen LogP) is 4.27. The van der Waals surface area contributed by atoms with E-state index < -0.39 is 0 Å². The van der Waals surface area contributed by atoms with E-state index in [4.69, 9.17) is 0 Å². The smallest absolute Gasteiger partial charge is 0.00722 e. The Morgan fingerprint density at radius 2 is 1.53 bits per heavy atom. The quantitative estimate of drug-likeness (QED) is 0.754. The molecule has 0 radical (unpaired) electrons. The van der Waals surface area contributed by atoms with Crippen molar-refractivity contribution in [1.29, 1.82) is 0 Å². The van der Waals surface area contributed by atoms with E-state index in [0.717, 1.165) is 23.4 Å². The van der Waals surface area contributed by atoms with Gasteiger partial charge in [0.05, 0.1) is 0 Å². The van der Waals surface area contributed by atoms with E-state index in [9.17, 15) is 0 Å². The summed E-state index contributed by atoms with van der Waals surface area (Å²) in [4.78, 5) is 0. The second-order valence-corrected chi connectivity index (χ2v) is 7.26. The topological polar surface area (TPSA) is 12.0 Å². The third kappa shape index (κ3) is 2.70. The van der Waals surface area contributed by atoms with Crippen LogP contribution in [0, 0.1) is 11.3 Å². The van der Waals surface area contributed by atoms with Gasteiger partial charge >= 0.3 is 0 Å². The molecule has 1 N–H and O–H groups in total. The van der Waals surface area contributed by atoms with Gasteiger partial charge in [-0.25, -0.2) is 0 Å². The van der Waals surface area contributed by atoms with Gasteiger partial charge in [-0.2, -0.15) is 0 Å². The van der Waals surface area contributed by atoms with Crippen molar-refractivity contribution >= 4 is 0 Å². The molecule has 0 amide bonds. The minimum atomic E-state index is 0.807. The Bertz CT molecular complexity index is 244. The molecule has 2 atom stereocenters. The number of hydrogen-bond acceptors (Lipinski definition) is 1. The van der Waals surface area contributed by atoms with Gasteiger partial charge in [0.25, 0.3) is 0 Å². The third-order valence-corrected chi connectivity index (χ3v) is 5.88. The van der Waals surface area contributed by atoms with E-state index in [-0.39, 0.29) is 0 Å². The summed E-state index contributed by atoms with van der Waals surface area (Å²) in [6.45, 7) is 2.41. The summed E-state index contributed by atoms with van der Waals surface area (Å²) in [5, 5.41) is 3.95. The fraction of sp³-hybridized carbons (Fsp3) is 1.00. The molecule has 1 spiro atoms. The lowest BCUT2D eigenvalue weighted by molar-refractivity contribution is 0.162. The van der Waals surface area contributed by atoms with E-state index in [0.29, 0.717) is 0 Å². The van der Waals surface area contributed by atoms with E-state index in [2.05, 4.69) is 12.2 Å². The maximum absolute atomic E-state index is 3.95. The van der Waals surface area contributed by atoms with Crippen molar-refractivity contribution in [2.45, 2.75) is 89.6 Å². The normalized spacial score (nSPS) is 37.9. The number of rotatable bonds is 2. The lowest BCUT2D eigenvalue weighted by Gasteiger charge is -2.38. The van der Waals surface area contributed by atoms with E-state index >= 15 is 0 Å². The molecule has 0 aromatic rings. The maximum atomic E-state index is 3.95. The van der Waals surface area contributed by atoms with Crippen LogP contribution < -0.4 is 5.32 Å². The third-order valence-electron chi connectivity index (χ3n) is 5.88. The highest BCUT2D eigenvalue weighted by Gasteiger charge is 2.38. The molecule has 0 saturated heterocycles. The molecule has 17 heavy (non-hydrogen) atoms. The summed E-state index contributed by atoms with van der Waals surface area (Å²) in [6.07, 6.45) is 16.4. The molecule has 0 heterocycles. The summed E-state index contributed by atoms with van der Waals surface area (Å²) in [6, 6.07) is 1.71. The molecule has 2 unspecified atom stereocenters. The largest absolute Gasteiger partial charge is 0.311 e. The molecule has 98 valence electrons.